The van der Waals surface area contributed by atoms with Crippen LogP contribution in [0.25, 0.3) is 0 Å². The summed E-state index contributed by atoms with van der Waals surface area (Å²) < 4.78 is 17.6. The van der Waals surface area contributed by atoms with E-state index in [4.69, 9.17) is 14.2 Å². The molecule has 1 aliphatic heterocycles. The van der Waals surface area contributed by atoms with E-state index in [-0.39, 0.29) is 19.4 Å². The van der Waals surface area contributed by atoms with Crippen molar-refractivity contribution in [1.82, 2.24) is 5.32 Å². The third-order valence-corrected chi connectivity index (χ3v) is 14.2. The summed E-state index contributed by atoms with van der Waals surface area (Å²) in [6.45, 7) is 5.62. The van der Waals surface area contributed by atoms with Gasteiger partial charge in [-0.15, -0.1) is 0 Å². The minimum atomic E-state index is -1.63. The van der Waals surface area contributed by atoms with Crippen LogP contribution in [0, 0.1) is 0 Å². The molecule has 1 heterocycles. The van der Waals surface area contributed by atoms with Gasteiger partial charge in [0.2, 0.25) is 5.91 Å². The van der Waals surface area contributed by atoms with Gasteiger partial charge in [-0.25, -0.2) is 0 Å². The smallest absolute Gasteiger partial charge is 0.306 e. The molecule has 1 amide bonds. The zero-order chi connectivity index (χ0) is 56.8. The molecule has 1 rings (SSSR count). The molecule has 0 radical (unpaired) electrons. The first-order chi connectivity index (χ1) is 38.2. The van der Waals surface area contributed by atoms with Crippen molar-refractivity contribution in [3.63, 3.8) is 0 Å². The fourth-order valence-corrected chi connectivity index (χ4v) is 9.26. The lowest BCUT2D eigenvalue weighted by Gasteiger charge is -2.41. The predicted octanol–water partition coefficient (Wildman–Crippen LogP) is 15.1. The quantitative estimate of drug-likeness (QED) is 0.0149. The molecular weight excluding hydrogens is 979 g/mol. The van der Waals surface area contributed by atoms with Crippen molar-refractivity contribution in [2.45, 2.75) is 301 Å². The molecule has 0 aliphatic carbocycles. The van der Waals surface area contributed by atoms with Gasteiger partial charge in [0.25, 0.3) is 0 Å². The summed E-state index contributed by atoms with van der Waals surface area (Å²) in [5.74, 6) is -1.22. The van der Waals surface area contributed by atoms with E-state index >= 15 is 0 Å². The Morgan fingerprint density at radius 2 is 0.962 bits per heavy atom. The van der Waals surface area contributed by atoms with Gasteiger partial charge in [-0.05, 0) is 96.3 Å². The average molecular weight is 1090 g/mol. The highest BCUT2D eigenvalue weighted by Crippen LogP contribution is 2.26. The van der Waals surface area contributed by atoms with E-state index in [2.05, 4.69) is 111 Å². The lowest BCUT2D eigenvalue weighted by molar-refractivity contribution is -0.305. The number of nitrogens with one attached hydrogen (secondary N) is 1. The summed E-state index contributed by atoms with van der Waals surface area (Å²) in [5, 5.41) is 57.0. The van der Waals surface area contributed by atoms with Gasteiger partial charge in [0, 0.05) is 6.42 Å². The molecule has 0 saturated carbocycles. The molecule has 6 N–H and O–H groups in total. The third-order valence-electron chi connectivity index (χ3n) is 14.2. The standard InChI is InChI=1S/C67H115NO10/c1-4-7-10-13-16-19-22-25-27-28-29-30-31-32-33-34-35-37-40-43-46-49-52-55-62(72)78-65-64(74)63(73)61(56-69)77-67(65)76-57-58(59(70)53-50-47-44-41-38-24-21-18-15-12-9-6-3)68-66(75)60(71)54-51-48-45-42-39-36-26-23-20-17-14-11-8-5-2/h7,10,16-17,19-20,23,25-27,29-30,32-33,50,53,58-61,63-65,67,69-71,73-74H,4-6,8-9,11-15,18,21-22,24,28,31,34-49,51-52,54-57H2,1-3H3,(H,68,75)/b10-7-,19-16-,20-17+,26-23+,27-25-,30-29-,33-32-,53-50+. The van der Waals surface area contributed by atoms with Crippen LogP contribution in [0.2, 0.25) is 0 Å². The minimum absolute atomic E-state index is 0.104. The van der Waals surface area contributed by atoms with Gasteiger partial charge in [0.05, 0.1) is 25.4 Å². The van der Waals surface area contributed by atoms with Crippen LogP contribution >= 0.6 is 0 Å². The molecule has 0 aromatic rings. The lowest BCUT2D eigenvalue weighted by atomic mass is 9.99. The zero-order valence-corrected chi connectivity index (χ0v) is 49.5. The molecule has 1 saturated heterocycles. The molecule has 448 valence electrons. The van der Waals surface area contributed by atoms with Crippen LogP contribution in [0.3, 0.4) is 0 Å². The number of esters is 1. The highest BCUT2D eigenvalue weighted by molar-refractivity contribution is 5.80. The summed E-state index contributed by atoms with van der Waals surface area (Å²) in [5.41, 5.74) is 0. The van der Waals surface area contributed by atoms with E-state index in [1.807, 2.05) is 6.08 Å². The van der Waals surface area contributed by atoms with Crippen molar-refractivity contribution in [3.8, 4) is 0 Å². The highest BCUT2D eigenvalue weighted by atomic mass is 16.7. The molecule has 0 bridgehead atoms. The number of unbranched alkanes of at least 4 members (excludes halogenated alkanes) is 25. The maximum absolute atomic E-state index is 13.4. The first kappa shape index (κ1) is 72.6. The average Bonchev–Trinajstić information content (AvgIpc) is 3.45. The Balaban J connectivity index is 2.66. The summed E-state index contributed by atoms with van der Waals surface area (Å²) in [6.07, 6.45) is 61.5. The number of aliphatic hydroxyl groups excluding tert-OH is 5. The fourth-order valence-electron chi connectivity index (χ4n) is 9.26. The van der Waals surface area contributed by atoms with Crippen molar-refractivity contribution in [2.75, 3.05) is 13.2 Å². The van der Waals surface area contributed by atoms with Gasteiger partial charge in [-0.2, -0.15) is 0 Å². The monoisotopic (exact) mass is 1090 g/mol. The van der Waals surface area contributed by atoms with E-state index in [9.17, 15) is 35.1 Å². The van der Waals surface area contributed by atoms with Crippen molar-refractivity contribution in [3.05, 3.63) is 97.2 Å². The Labute approximate surface area is 475 Å². The second-order valence-corrected chi connectivity index (χ2v) is 21.4. The van der Waals surface area contributed by atoms with Crippen LogP contribution in [0.15, 0.2) is 97.2 Å². The predicted molar refractivity (Wildman–Crippen MR) is 324 cm³/mol. The van der Waals surface area contributed by atoms with E-state index in [0.29, 0.717) is 12.8 Å². The van der Waals surface area contributed by atoms with Gasteiger partial charge in [-0.1, -0.05) is 246 Å². The lowest BCUT2D eigenvalue weighted by Crippen LogP contribution is -2.61. The second kappa shape index (κ2) is 54.2. The molecular formula is C67H115NO10. The first-order valence-corrected chi connectivity index (χ1v) is 31.5. The Bertz CT molecular complexity index is 1630. The maximum Gasteiger partial charge on any atom is 0.306 e. The number of hydrogen-bond donors (Lipinski definition) is 6. The molecule has 0 aromatic heterocycles. The summed E-state index contributed by atoms with van der Waals surface area (Å²) in [7, 11) is 0. The third kappa shape index (κ3) is 41.6. The van der Waals surface area contributed by atoms with Crippen LogP contribution in [0.5, 0.6) is 0 Å². The minimum Gasteiger partial charge on any atom is -0.454 e. The van der Waals surface area contributed by atoms with Gasteiger partial charge in [0.15, 0.2) is 12.4 Å². The first-order valence-electron chi connectivity index (χ1n) is 31.5. The maximum atomic E-state index is 13.4. The summed E-state index contributed by atoms with van der Waals surface area (Å²) in [6, 6.07) is -1.04. The second-order valence-electron chi connectivity index (χ2n) is 21.4. The van der Waals surface area contributed by atoms with E-state index in [1.165, 1.54) is 70.6 Å². The Hall–Kier alpha value is -3.42. The number of carbonyl (C=O) groups is 2. The normalized spacial score (nSPS) is 19.6. The van der Waals surface area contributed by atoms with E-state index < -0.39 is 67.4 Å². The molecule has 11 heteroatoms. The number of hydrogen-bond acceptors (Lipinski definition) is 10. The van der Waals surface area contributed by atoms with Gasteiger partial charge in [-0.3, -0.25) is 9.59 Å². The van der Waals surface area contributed by atoms with Crippen LogP contribution in [0.4, 0.5) is 0 Å². The molecule has 1 aliphatic rings. The van der Waals surface area contributed by atoms with Crippen LogP contribution < -0.4 is 5.32 Å². The fraction of sp³-hybridized carbons (Fsp3) is 0.731. The number of rotatable bonds is 52. The molecule has 8 atom stereocenters. The topological polar surface area (TPSA) is 175 Å². The Morgan fingerprint density at radius 1 is 0.526 bits per heavy atom. The van der Waals surface area contributed by atoms with Crippen molar-refractivity contribution in [2.24, 2.45) is 0 Å². The molecule has 11 nitrogen and oxygen atoms in total. The SMILES string of the molecule is CC/C=C\C/C=C\C/C=C\C/C=C\C/C=C\CCCCCCCCCC(=O)OC1C(OCC(NC(=O)C(O)CCCCCCC/C=C/C=C/CCCCC)C(O)/C=C/CCCCCCCCCCCC)OC(CO)C(O)C1O. The zero-order valence-electron chi connectivity index (χ0n) is 49.5. The van der Waals surface area contributed by atoms with Crippen LogP contribution in [-0.2, 0) is 23.8 Å². The highest BCUT2D eigenvalue weighted by Gasteiger charge is 2.47. The number of allylic oxidation sites excluding steroid dienone is 15. The molecule has 1 fully saturated rings. The summed E-state index contributed by atoms with van der Waals surface area (Å²) in [4.78, 5) is 26.5. The molecule has 78 heavy (non-hydrogen) atoms. The molecule has 0 aromatic carbocycles. The van der Waals surface area contributed by atoms with Crippen LogP contribution in [0.1, 0.15) is 252 Å². The number of ether oxygens (including phenoxy) is 3. The van der Waals surface area contributed by atoms with Crippen molar-refractivity contribution >= 4 is 11.9 Å². The van der Waals surface area contributed by atoms with Gasteiger partial charge < -0.3 is 45.1 Å². The largest absolute Gasteiger partial charge is 0.454 e. The molecule has 8 unspecified atom stereocenters. The van der Waals surface area contributed by atoms with Crippen molar-refractivity contribution in [1.29, 1.82) is 0 Å². The van der Waals surface area contributed by atoms with Gasteiger partial charge >= 0.3 is 5.97 Å². The summed E-state index contributed by atoms with van der Waals surface area (Å²) >= 11 is 0. The Kier molecular flexibility index (Phi) is 50.4. The number of amides is 1. The van der Waals surface area contributed by atoms with Gasteiger partial charge in [0.1, 0.15) is 24.4 Å². The van der Waals surface area contributed by atoms with E-state index in [0.717, 1.165) is 135 Å². The number of carbonyl (C=O) groups excluding carboxylic acids is 2. The molecule has 0 spiro atoms. The van der Waals surface area contributed by atoms with Crippen molar-refractivity contribution < 1.29 is 49.3 Å². The van der Waals surface area contributed by atoms with Crippen LogP contribution in [-0.4, -0.2) is 99.6 Å². The Morgan fingerprint density at radius 3 is 1.49 bits per heavy atom. The number of aliphatic hydroxyl groups is 5. The van der Waals surface area contributed by atoms with E-state index in [1.54, 1.807) is 6.08 Å².